The zero-order valence-corrected chi connectivity index (χ0v) is 14.5. The van der Waals surface area contributed by atoms with E-state index in [4.69, 9.17) is 4.74 Å². The standard InChI is InChI=1S/C22H17FN2O/c1-14-11-15(2)13-16(12-14)26-22-18-8-4-6-10-20(18)24-21(25-22)17-7-3-5-9-19(17)23/h3-13H,1-2H3. The molecule has 1 aromatic heterocycles. The van der Waals surface area contributed by atoms with Crippen LogP contribution in [-0.4, -0.2) is 9.97 Å². The van der Waals surface area contributed by atoms with E-state index in [1.807, 2.05) is 50.2 Å². The van der Waals surface area contributed by atoms with Crippen molar-refractivity contribution in [1.82, 2.24) is 9.97 Å². The SMILES string of the molecule is Cc1cc(C)cc(Oc2nc(-c3ccccc3F)nc3ccccc23)c1. The van der Waals surface area contributed by atoms with Crippen molar-refractivity contribution in [1.29, 1.82) is 0 Å². The molecule has 0 amide bonds. The average Bonchev–Trinajstić information content (AvgIpc) is 2.61. The Morgan fingerprint density at radius 2 is 1.50 bits per heavy atom. The van der Waals surface area contributed by atoms with Crippen molar-refractivity contribution >= 4 is 10.9 Å². The summed E-state index contributed by atoms with van der Waals surface area (Å²) in [5.74, 6) is 1.06. The van der Waals surface area contributed by atoms with Crippen molar-refractivity contribution in [2.45, 2.75) is 13.8 Å². The zero-order chi connectivity index (χ0) is 18.1. The Bertz CT molecular complexity index is 1090. The normalized spacial score (nSPS) is 10.9. The Balaban J connectivity index is 1.89. The smallest absolute Gasteiger partial charge is 0.230 e. The van der Waals surface area contributed by atoms with Crippen LogP contribution >= 0.6 is 0 Å². The highest BCUT2D eigenvalue weighted by Gasteiger charge is 2.14. The molecule has 0 aliphatic rings. The number of para-hydroxylation sites is 1. The van der Waals surface area contributed by atoms with Gasteiger partial charge in [-0.2, -0.15) is 4.98 Å². The van der Waals surface area contributed by atoms with Gasteiger partial charge >= 0.3 is 0 Å². The van der Waals surface area contributed by atoms with Gasteiger partial charge in [0.25, 0.3) is 0 Å². The molecular formula is C22H17FN2O. The van der Waals surface area contributed by atoms with Gasteiger partial charge in [-0.05, 0) is 61.4 Å². The minimum absolute atomic E-state index is 0.307. The Morgan fingerprint density at radius 1 is 0.808 bits per heavy atom. The highest BCUT2D eigenvalue weighted by molar-refractivity contribution is 5.85. The van der Waals surface area contributed by atoms with Crippen LogP contribution in [0.2, 0.25) is 0 Å². The molecule has 4 aromatic rings. The second-order valence-corrected chi connectivity index (χ2v) is 6.27. The summed E-state index contributed by atoms with van der Waals surface area (Å²) >= 11 is 0. The summed E-state index contributed by atoms with van der Waals surface area (Å²) in [6, 6.07) is 20.0. The Kier molecular flexibility index (Phi) is 4.09. The van der Waals surface area contributed by atoms with Gasteiger partial charge in [-0.15, -0.1) is 0 Å². The number of rotatable bonds is 3. The van der Waals surface area contributed by atoms with E-state index in [0.29, 0.717) is 28.5 Å². The van der Waals surface area contributed by atoms with E-state index < -0.39 is 0 Å². The van der Waals surface area contributed by atoms with Crippen molar-refractivity contribution < 1.29 is 9.13 Å². The fourth-order valence-electron chi connectivity index (χ4n) is 2.99. The fourth-order valence-corrected chi connectivity index (χ4v) is 2.99. The molecule has 0 radical (unpaired) electrons. The van der Waals surface area contributed by atoms with Crippen molar-refractivity contribution in [2.75, 3.05) is 0 Å². The molecule has 4 heteroatoms. The summed E-state index contributed by atoms with van der Waals surface area (Å²) in [7, 11) is 0. The monoisotopic (exact) mass is 344 g/mol. The third kappa shape index (κ3) is 3.14. The van der Waals surface area contributed by atoms with Crippen LogP contribution in [0.25, 0.3) is 22.3 Å². The molecule has 128 valence electrons. The summed E-state index contributed by atoms with van der Waals surface area (Å²) < 4.78 is 20.3. The van der Waals surface area contributed by atoms with Gasteiger partial charge in [-0.3, -0.25) is 0 Å². The van der Waals surface area contributed by atoms with Crippen LogP contribution in [0.3, 0.4) is 0 Å². The molecule has 0 saturated heterocycles. The van der Waals surface area contributed by atoms with Crippen molar-refractivity contribution in [3.8, 4) is 23.0 Å². The predicted octanol–water partition coefficient (Wildman–Crippen LogP) is 5.85. The minimum atomic E-state index is -0.361. The van der Waals surface area contributed by atoms with Crippen LogP contribution in [0, 0.1) is 19.7 Å². The number of hydrogen-bond donors (Lipinski definition) is 0. The maximum absolute atomic E-state index is 14.2. The lowest BCUT2D eigenvalue weighted by Gasteiger charge is -2.11. The lowest BCUT2D eigenvalue weighted by atomic mass is 10.1. The van der Waals surface area contributed by atoms with Crippen LogP contribution in [0.1, 0.15) is 11.1 Å². The summed E-state index contributed by atoms with van der Waals surface area (Å²) in [5.41, 5.74) is 3.27. The molecule has 0 atom stereocenters. The van der Waals surface area contributed by atoms with Crippen molar-refractivity contribution in [2.24, 2.45) is 0 Å². The molecule has 0 bridgehead atoms. The molecule has 0 unspecified atom stereocenters. The average molecular weight is 344 g/mol. The molecule has 0 N–H and O–H groups in total. The van der Waals surface area contributed by atoms with Gasteiger partial charge in [-0.1, -0.05) is 30.3 Å². The minimum Gasteiger partial charge on any atom is -0.438 e. The number of benzene rings is 3. The van der Waals surface area contributed by atoms with E-state index in [9.17, 15) is 4.39 Å². The number of nitrogens with zero attached hydrogens (tertiary/aromatic N) is 2. The fraction of sp³-hybridized carbons (Fsp3) is 0.0909. The van der Waals surface area contributed by atoms with Gasteiger partial charge in [0.15, 0.2) is 5.82 Å². The first-order valence-electron chi connectivity index (χ1n) is 8.38. The zero-order valence-electron chi connectivity index (χ0n) is 14.5. The van der Waals surface area contributed by atoms with E-state index >= 15 is 0 Å². The Hall–Kier alpha value is -3.27. The largest absolute Gasteiger partial charge is 0.438 e. The van der Waals surface area contributed by atoms with Gasteiger partial charge in [0.1, 0.15) is 11.6 Å². The van der Waals surface area contributed by atoms with Crippen LogP contribution in [0.5, 0.6) is 11.6 Å². The molecule has 0 saturated carbocycles. The predicted molar refractivity (Wildman–Crippen MR) is 101 cm³/mol. The van der Waals surface area contributed by atoms with E-state index in [0.717, 1.165) is 16.5 Å². The molecule has 1 heterocycles. The molecule has 0 aliphatic heterocycles. The first-order chi connectivity index (χ1) is 12.6. The van der Waals surface area contributed by atoms with Gasteiger partial charge in [0, 0.05) is 0 Å². The molecule has 0 aliphatic carbocycles. The van der Waals surface area contributed by atoms with E-state index in [1.165, 1.54) is 6.07 Å². The first-order valence-corrected chi connectivity index (χ1v) is 8.38. The third-order valence-corrected chi connectivity index (χ3v) is 4.09. The second kappa shape index (κ2) is 6.56. The quantitative estimate of drug-likeness (QED) is 0.468. The number of aromatic nitrogens is 2. The molecule has 3 aromatic carbocycles. The number of aryl methyl sites for hydroxylation is 2. The van der Waals surface area contributed by atoms with Gasteiger partial charge in [-0.25, -0.2) is 9.37 Å². The van der Waals surface area contributed by atoms with E-state index in [1.54, 1.807) is 18.2 Å². The van der Waals surface area contributed by atoms with E-state index in [-0.39, 0.29) is 5.82 Å². The van der Waals surface area contributed by atoms with Gasteiger partial charge in [0.2, 0.25) is 5.88 Å². The molecular weight excluding hydrogens is 327 g/mol. The Morgan fingerprint density at radius 3 is 2.27 bits per heavy atom. The van der Waals surface area contributed by atoms with Gasteiger partial charge < -0.3 is 4.74 Å². The summed E-state index contributed by atoms with van der Waals surface area (Å²) in [6.07, 6.45) is 0. The maximum Gasteiger partial charge on any atom is 0.230 e. The lowest BCUT2D eigenvalue weighted by Crippen LogP contribution is -1.97. The number of ether oxygens (including phenoxy) is 1. The van der Waals surface area contributed by atoms with Crippen LogP contribution < -0.4 is 4.74 Å². The second-order valence-electron chi connectivity index (χ2n) is 6.27. The number of halogens is 1. The van der Waals surface area contributed by atoms with Crippen molar-refractivity contribution in [3.05, 3.63) is 83.7 Å². The summed E-state index contributed by atoms with van der Waals surface area (Å²) in [4.78, 5) is 9.03. The highest BCUT2D eigenvalue weighted by atomic mass is 19.1. The summed E-state index contributed by atoms with van der Waals surface area (Å²) in [5, 5.41) is 0.784. The third-order valence-electron chi connectivity index (χ3n) is 4.09. The van der Waals surface area contributed by atoms with Crippen LogP contribution in [0.4, 0.5) is 4.39 Å². The van der Waals surface area contributed by atoms with Gasteiger partial charge in [0.05, 0.1) is 16.5 Å². The highest BCUT2D eigenvalue weighted by Crippen LogP contribution is 2.31. The molecule has 3 nitrogen and oxygen atoms in total. The summed E-state index contributed by atoms with van der Waals surface area (Å²) in [6.45, 7) is 4.03. The van der Waals surface area contributed by atoms with Crippen LogP contribution in [0.15, 0.2) is 66.7 Å². The topological polar surface area (TPSA) is 35.0 Å². The molecule has 0 fully saturated rings. The molecule has 26 heavy (non-hydrogen) atoms. The molecule has 4 rings (SSSR count). The Labute approximate surface area is 151 Å². The maximum atomic E-state index is 14.2. The number of fused-ring (bicyclic) bond motifs is 1. The van der Waals surface area contributed by atoms with Crippen LogP contribution in [-0.2, 0) is 0 Å². The first kappa shape index (κ1) is 16.2. The lowest BCUT2D eigenvalue weighted by molar-refractivity contribution is 0.468. The number of hydrogen-bond acceptors (Lipinski definition) is 3. The van der Waals surface area contributed by atoms with Crippen molar-refractivity contribution in [3.63, 3.8) is 0 Å². The molecule has 0 spiro atoms. The van der Waals surface area contributed by atoms with E-state index in [2.05, 4.69) is 16.0 Å².